The van der Waals surface area contributed by atoms with Gasteiger partial charge in [0.05, 0.1) is 10.6 Å². The van der Waals surface area contributed by atoms with Gasteiger partial charge < -0.3 is 10.2 Å². The molecule has 7 nitrogen and oxygen atoms in total. The maximum absolute atomic E-state index is 14.4. The Kier molecular flexibility index (Phi) is 10.6. The minimum atomic E-state index is -4.15. The lowest BCUT2D eigenvalue weighted by molar-refractivity contribution is -0.139. The third kappa shape index (κ3) is 7.83. The van der Waals surface area contributed by atoms with Gasteiger partial charge in [0.1, 0.15) is 12.6 Å². The number of amides is 2. The average molecular weight is 618 g/mol. The highest BCUT2D eigenvalue weighted by Crippen LogP contribution is 2.29. The van der Waals surface area contributed by atoms with E-state index in [0.29, 0.717) is 17.1 Å². The maximum Gasteiger partial charge on any atom is 0.264 e. The van der Waals surface area contributed by atoms with Crippen LogP contribution in [0.5, 0.6) is 0 Å². The first kappa shape index (κ1) is 31.8. The van der Waals surface area contributed by atoms with Gasteiger partial charge in [-0.15, -0.1) is 0 Å². The first-order valence-electron chi connectivity index (χ1n) is 14.1. The Morgan fingerprint density at radius 1 is 0.837 bits per heavy atom. The van der Waals surface area contributed by atoms with Gasteiger partial charge in [0, 0.05) is 25.0 Å². The van der Waals surface area contributed by atoms with Crippen molar-refractivity contribution >= 4 is 39.1 Å². The summed E-state index contributed by atoms with van der Waals surface area (Å²) in [5.74, 6) is -0.867. The topological polar surface area (TPSA) is 86.8 Å². The molecule has 0 aliphatic carbocycles. The number of carbonyl (C=O) groups is 2. The van der Waals surface area contributed by atoms with Crippen LogP contribution in [0.25, 0.3) is 0 Å². The fourth-order valence-corrected chi connectivity index (χ4v) is 6.49. The largest absolute Gasteiger partial charge is 0.357 e. The zero-order valence-electron chi connectivity index (χ0n) is 24.5. The molecule has 4 rings (SSSR count). The highest BCUT2D eigenvalue weighted by molar-refractivity contribution is 7.92. The van der Waals surface area contributed by atoms with Crippen molar-refractivity contribution in [2.75, 3.05) is 17.9 Å². The second kappa shape index (κ2) is 14.4. The van der Waals surface area contributed by atoms with Crippen LogP contribution in [-0.2, 0) is 39.0 Å². The third-order valence-electron chi connectivity index (χ3n) is 7.31. The van der Waals surface area contributed by atoms with Crippen molar-refractivity contribution in [1.82, 2.24) is 10.2 Å². The molecule has 1 N–H and O–H groups in total. The summed E-state index contributed by atoms with van der Waals surface area (Å²) in [6.45, 7) is 3.40. The first-order valence-corrected chi connectivity index (χ1v) is 15.9. The second-order valence-corrected chi connectivity index (χ2v) is 12.6. The Bertz CT molecular complexity index is 1640. The molecule has 0 heterocycles. The number of para-hydroxylation sites is 1. The van der Waals surface area contributed by atoms with Gasteiger partial charge >= 0.3 is 0 Å². The lowest BCUT2D eigenvalue weighted by Crippen LogP contribution is -2.53. The van der Waals surface area contributed by atoms with Crippen molar-refractivity contribution in [2.24, 2.45) is 0 Å². The molecule has 0 saturated carbocycles. The smallest absolute Gasteiger partial charge is 0.264 e. The van der Waals surface area contributed by atoms with E-state index in [1.165, 1.54) is 11.9 Å². The number of nitrogens with one attached hydrogen (secondary N) is 1. The van der Waals surface area contributed by atoms with Gasteiger partial charge in [-0.2, -0.15) is 0 Å². The van der Waals surface area contributed by atoms with Crippen LogP contribution in [0.15, 0.2) is 108 Å². The molecule has 9 heteroatoms. The van der Waals surface area contributed by atoms with Gasteiger partial charge in [-0.3, -0.25) is 13.9 Å². The molecule has 2 amide bonds. The van der Waals surface area contributed by atoms with E-state index in [9.17, 15) is 18.0 Å². The molecule has 0 aliphatic rings. The standard InChI is InChI=1S/C34H36ClN3O4S/c1-4-28-12-8-9-13-31(28)38(43(41,42)30-20-14-25(2)15-21-30)24-33(39)37(23-27-16-18-29(35)19-17-27)32(34(40)36-3)22-26-10-6-5-7-11-26/h5-21,32H,4,22-24H2,1-3H3,(H,36,40)/t32-/m1/s1. The highest BCUT2D eigenvalue weighted by atomic mass is 35.5. The summed E-state index contributed by atoms with van der Waals surface area (Å²) in [5, 5.41) is 3.24. The number of hydrogen-bond donors (Lipinski definition) is 1. The van der Waals surface area contributed by atoms with Crippen molar-refractivity contribution in [3.8, 4) is 0 Å². The molecule has 0 saturated heterocycles. The van der Waals surface area contributed by atoms with Crippen LogP contribution < -0.4 is 9.62 Å². The van der Waals surface area contributed by atoms with Crippen molar-refractivity contribution in [2.45, 2.75) is 44.2 Å². The number of anilines is 1. The number of sulfonamides is 1. The van der Waals surface area contributed by atoms with Crippen molar-refractivity contribution < 1.29 is 18.0 Å². The molecule has 0 aromatic heterocycles. The number of hydrogen-bond acceptors (Lipinski definition) is 4. The SMILES string of the molecule is CCc1ccccc1N(CC(=O)N(Cc1ccc(Cl)cc1)[C@H](Cc1ccccc1)C(=O)NC)S(=O)(=O)c1ccc(C)cc1. The van der Waals surface area contributed by atoms with E-state index in [-0.39, 0.29) is 23.8 Å². The Labute approximate surface area is 259 Å². The maximum atomic E-state index is 14.4. The summed E-state index contributed by atoms with van der Waals surface area (Å²) in [7, 11) is -2.63. The summed E-state index contributed by atoms with van der Waals surface area (Å²) < 4.78 is 29.5. The van der Waals surface area contributed by atoms with Crippen LogP contribution in [0, 0.1) is 6.92 Å². The van der Waals surface area contributed by atoms with Gasteiger partial charge in [0.2, 0.25) is 11.8 Å². The molecule has 4 aromatic rings. The molecular weight excluding hydrogens is 582 g/mol. The minimum absolute atomic E-state index is 0.0770. The summed E-state index contributed by atoms with van der Waals surface area (Å²) in [5.41, 5.74) is 3.73. The summed E-state index contributed by atoms with van der Waals surface area (Å²) in [6.07, 6.45) is 0.809. The predicted octanol–water partition coefficient (Wildman–Crippen LogP) is 5.79. The summed E-state index contributed by atoms with van der Waals surface area (Å²) in [4.78, 5) is 29.3. The number of likely N-dealkylation sites (N-methyl/N-ethyl adjacent to an activating group) is 1. The monoisotopic (exact) mass is 617 g/mol. The van der Waals surface area contributed by atoms with E-state index in [0.717, 1.165) is 26.6 Å². The molecule has 0 spiro atoms. The van der Waals surface area contributed by atoms with E-state index in [1.54, 1.807) is 60.7 Å². The van der Waals surface area contributed by atoms with Crippen molar-refractivity contribution in [3.63, 3.8) is 0 Å². The number of benzene rings is 4. The molecule has 224 valence electrons. The van der Waals surface area contributed by atoms with Gasteiger partial charge in [-0.05, 0) is 60.4 Å². The van der Waals surface area contributed by atoms with E-state index in [2.05, 4.69) is 5.32 Å². The third-order valence-corrected chi connectivity index (χ3v) is 9.34. The Hall–Kier alpha value is -4.14. The molecule has 1 atom stereocenters. The fraction of sp³-hybridized carbons (Fsp3) is 0.235. The van der Waals surface area contributed by atoms with Gasteiger partial charge in [-0.1, -0.05) is 96.9 Å². The molecular formula is C34H36ClN3O4S. The van der Waals surface area contributed by atoms with Crippen molar-refractivity contribution in [3.05, 3.63) is 130 Å². The van der Waals surface area contributed by atoms with Crippen LogP contribution >= 0.6 is 11.6 Å². The minimum Gasteiger partial charge on any atom is -0.357 e. The lowest BCUT2D eigenvalue weighted by Gasteiger charge is -2.34. The quantitative estimate of drug-likeness (QED) is 0.218. The molecule has 43 heavy (non-hydrogen) atoms. The van der Waals surface area contributed by atoms with Gasteiger partial charge in [-0.25, -0.2) is 8.42 Å². The van der Waals surface area contributed by atoms with E-state index >= 15 is 0 Å². The highest BCUT2D eigenvalue weighted by Gasteiger charge is 2.34. The van der Waals surface area contributed by atoms with Gasteiger partial charge in [0.15, 0.2) is 0 Å². The number of carbonyl (C=O) groups excluding carboxylic acids is 2. The predicted molar refractivity (Wildman–Crippen MR) is 172 cm³/mol. The molecule has 0 bridgehead atoms. The summed E-state index contributed by atoms with van der Waals surface area (Å²) in [6, 6.07) is 29.3. The van der Waals surface area contributed by atoms with Crippen LogP contribution in [0.1, 0.15) is 29.2 Å². The lowest BCUT2D eigenvalue weighted by atomic mass is 10.0. The number of halogens is 1. The average Bonchev–Trinajstić information content (AvgIpc) is 3.02. The molecule has 0 fully saturated rings. The molecule has 4 aromatic carbocycles. The van der Waals surface area contributed by atoms with Crippen LogP contribution in [0.3, 0.4) is 0 Å². The zero-order valence-corrected chi connectivity index (χ0v) is 26.1. The number of nitrogens with zero attached hydrogens (tertiary/aromatic N) is 2. The number of aryl methyl sites for hydroxylation is 2. The van der Waals surface area contributed by atoms with E-state index in [4.69, 9.17) is 11.6 Å². The first-order chi connectivity index (χ1) is 20.6. The summed E-state index contributed by atoms with van der Waals surface area (Å²) >= 11 is 6.12. The van der Waals surface area contributed by atoms with Crippen LogP contribution in [0.4, 0.5) is 5.69 Å². The van der Waals surface area contributed by atoms with Crippen LogP contribution in [-0.4, -0.2) is 44.8 Å². The van der Waals surface area contributed by atoms with Crippen molar-refractivity contribution in [1.29, 1.82) is 0 Å². The van der Waals surface area contributed by atoms with E-state index in [1.807, 2.05) is 56.3 Å². The Balaban J connectivity index is 1.81. The Morgan fingerprint density at radius 2 is 1.47 bits per heavy atom. The van der Waals surface area contributed by atoms with Gasteiger partial charge in [0.25, 0.3) is 10.0 Å². The number of rotatable bonds is 12. The van der Waals surface area contributed by atoms with Crippen LogP contribution in [0.2, 0.25) is 5.02 Å². The fourth-order valence-electron chi connectivity index (χ4n) is 4.91. The normalized spacial score (nSPS) is 11.9. The zero-order chi connectivity index (χ0) is 31.0. The second-order valence-electron chi connectivity index (χ2n) is 10.3. The Morgan fingerprint density at radius 3 is 2.09 bits per heavy atom. The molecule has 0 radical (unpaired) electrons. The van der Waals surface area contributed by atoms with E-state index < -0.39 is 28.5 Å². The molecule has 0 unspecified atom stereocenters. The molecule has 0 aliphatic heterocycles.